The Morgan fingerprint density at radius 3 is 2.75 bits per heavy atom. The minimum atomic E-state index is -2.88. The van der Waals surface area contributed by atoms with Crippen molar-refractivity contribution < 1.29 is 18.3 Å². The Morgan fingerprint density at radius 2 is 2.08 bits per heavy atom. The molecule has 0 aliphatic carbocycles. The molecule has 0 heterocycles. The number of guanidine groups is 1. The molecule has 2 N–H and O–H groups in total. The fourth-order valence-corrected chi connectivity index (χ4v) is 2.17. The number of nitrogens with zero attached hydrogens (tertiary/aromatic N) is 1. The molecule has 0 aliphatic heterocycles. The van der Waals surface area contributed by atoms with Gasteiger partial charge in [-0.15, -0.1) is 0 Å². The Morgan fingerprint density at radius 1 is 1.29 bits per heavy atom. The molecule has 0 aliphatic rings. The lowest BCUT2D eigenvalue weighted by Crippen LogP contribution is -2.37. The van der Waals surface area contributed by atoms with Gasteiger partial charge in [0.15, 0.2) is 5.96 Å². The van der Waals surface area contributed by atoms with Crippen LogP contribution >= 0.6 is 11.6 Å². The van der Waals surface area contributed by atoms with Gasteiger partial charge in [0.25, 0.3) is 0 Å². The summed E-state index contributed by atoms with van der Waals surface area (Å²) in [5.41, 5.74) is 0.530. The normalized spacial score (nSPS) is 11.7. The third-order valence-corrected chi connectivity index (χ3v) is 3.36. The van der Waals surface area contributed by atoms with E-state index in [1.165, 1.54) is 12.1 Å². The summed E-state index contributed by atoms with van der Waals surface area (Å²) in [7, 11) is 1.64. The molecule has 0 aromatic heterocycles. The minimum absolute atomic E-state index is 0.0917. The molecular formula is C16H24ClF2N3O2. The van der Waals surface area contributed by atoms with Crippen molar-refractivity contribution >= 4 is 17.6 Å². The highest BCUT2D eigenvalue weighted by Crippen LogP contribution is 2.24. The molecule has 0 spiro atoms. The zero-order valence-corrected chi connectivity index (χ0v) is 14.7. The summed E-state index contributed by atoms with van der Waals surface area (Å²) >= 11 is 5.92. The van der Waals surface area contributed by atoms with Gasteiger partial charge < -0.3 is 20.1 Å². The minimum Gasteiger partial charge on any atom is -0.434 e. The molecule has 1 rings (SSSR count). The number of alkyl halides is 2. The van der Waals surface area contributed by atoms with Crippen LogP contribution in [0.25, 0.3) is 0 Å². The Balaban J connectivity index is 2.46. The van der Waals surface area contributed by atoms with Gasteiger partial charge in [0.1, 0.15) is 5.75 Å². The van der Waals surface area contributed by atoms with E-state index in [2.05, 4.69) is 20.4 Å². The van der Waals surface area contributed by atoms with Gasteiger partial charge in [-0.25, -0.2) is 0 Å². The number of rotatable bonds is 10. The molecule has 1 aromatic carbocycles. The molecule has 0 saturated carbocycles. The predicted octanol–water partition coefficient (Wildman–Crippen LogP) is 3.42. The van der Waals surface area contributed by atoms with E-state index in [0.29, 0.717) is 16.5 Å². The fourth-order valence-electron chi connectivity index (χ4n) is 1.98. The molecule has 0 bridgehead atoms. The van der Waals surface area contributed by atoms with Crippen LogP contribution in [0, 0.1) is 0 Å². The van der Waals surface area contributed by atoms with Crippen LogP contribution in [0.3, 0.4) is 0 Å². The number of halogens is 3. The molecular weight excluding hydrogens is 340 g/mol. The predicted molar refractivity (Wildman–Crippen MR) is 92.0 cm³/mol. The van der Waals surface area contributed by atoms with Gasteiger partial charge in [-0.3, -0.25) is 4.99 Å². The summed E-state index contributed by atoms with van der Waals surface area (Å²) < 4.78 is 34.6. The van der Waals surface area contributed by atoms with Crippen molar-refractivity contribution in [3.63, 3.8) is 0 Å². The van der Waals surface area contributed by atoms with Crippen molar-refractivity contribution in [2.24, 2.45) is 4.99 Å². The molecule has 5 nitrogen and oxygen atoms in total. The highest BCUT2D eigenvalue weighted by atomic mass is 35.5. The van der Waals surface area contributed by atoms with Crippen LogP contribution in [0.4, 0.5) is 8.78 Å². The van der Waals surface area contributed by atoms with Crippen LogP contribution in [-0.4, -0.2) is 39.4 Å². The average molecular weight is 364 g/mol. The summed E-state index contributed by atoms with van der Waals surface area (Å²) in [5, 5.41) is 6.66. The Bertz CT molecular complexity index is 516. The second-order valence-electron chi connectivity index (χ2n) is 4.89. The molecule has 1 aromatic rings. The van der Waals surface area contributed by atoms with Crippen molar-refractivity contribution in [2.45, 2.75) is 32.9 Å². The van der Waals surface area contributed by atoms with Gasteiger partial charge >= 0.3 is 6.61 Å². The van der Waals surface area contributed by atoms with Crippen molar-refractivity contribution in [3.05, 3.63) is 28.8 Å². The first-order valence-corrected chi connectivity index (χ1v) is 8.20. The Labute approximate surface area is 146 Å². The molecule has 8 heteroatoms. The average Bonchev–Trinajstić information content (AvgIpc) is 2.55. The van der Waals surface area contributed by atoms with Crippen LogP contribution in [0.5, 0.6) is 5.75 Å². The van der Waals surface area contributed by atoms with Gasteiger partial charge in [0.05, 0.1) is 0 Å². The fraction of sp³-hybridized carbons (Fsp3) is 0.562. The van der Waals surface area contributed by atoms with Crippen LogP contribution in [0.2, 0.25) is 5.02 Å². The highest BCUT2D eigenvalue weighted by Gasteiger charge is 2.10. The highest BCUT2D eigenvalue weighted by molar-refractivity contribution is 6.30. The SMILES string of the molecule is CCOCCCCNC(=NC)NCc1cc(Cl)ccc1OC(F)F. The number of hydrogen-bond acceptors (Lipinski definition) is 3. The molecule has 24 heavy (non-hydrogen) atoms. The van der Waals surface area contributed by atoms with Crippen LogP contribution in [0.1, 0.15) is 25.3 Å². The monoisotopic (exact) mass is 363 g/mol. The number of nitrogens with one attached hydrogen (secondary N) is 2. The van der Waals surface area contributed by atoms with E-state index in [4.69, 9.17) is 16.3 Å². The maximum atomic E-state index is 12.4. The van der Waals surface area contributed by atoms with Gasteiger partial charge in [-0.1, -0.05) is 11.6 Å². The maximum Gasteiger partial charge on any atom is 0.387 e. The zero-order chi connectivity index (χ0) is 17.8. The van der Waals surface area contributed by atoms with Gasteiger partial charge in [-0.05, 0) is 38.0 Å². The molecule has 0 atom stereocenters. The van der Waals surface area contributed by atoms with Crippen LogP contribution in [-0.2, 0) is 11.3 Å². The molecule has 136 valence electrons. The molecule has 0 unspecified atom stereocenters. The molecule has 0 radical (unpaired) electrons. The molecule has 0 saturated heterocycles. The largest absolute Gasteiger partial charge is 0.434 e. The van der Waals surface area contributed by atoms with E-state index >= 15 is 0 Å². The number of ether oxygens (including phenoxy) is 2. The Kier molecular flexibility index (Phi) is 10.1. The molecule has 0 amide bonds. The van der Waals surface area contributed by atoms with Gasteiger partial charge in [0.2, 0.25) is 0 Å². The van der Waals surface area contributed by atoms with Crippen LogP contribution in [0.15, 0.2) is 23.2 Å². The topological polar surface area (TPSA) is 54.9 Å². The third kappa shape index (κ3) is 8.31. The van der Waals surface area contributed by atoms with Gasteiger partial charge in [0, 0.05) is 43.9 Å². The zero-order valence-electron chi connectivity index (χ0n) is 13.9. The number of aliphatic imine (C=N–C) groups is 1. The van der Waals surface area contributed by atoms with E-state index in [0.717, 1.165) is 32.6 Å². The van der Waals surface area contributed by atoms with E-state index in [1.54, 1.807) is 13.1 Å². The van der Waals surface area contributed by atoms with Crippen molar-refractivity contribution in [1.29, 1.82) is 0 Å². The summed E-state index contributed by atoms with van der Waals surface area (Å²) in [5.74, 6) is 0.670. The second-order valence-corrected chi connectivity index (χ2v) is 5.32. The van der Waals surface area contributed by atoms with Gasteiger partial charge in [-0.2, -0.15) is 8.78 Å². The summed E-state index contributed by atoms with van der Waals surface area (Å²) in [6.07, 6.45) is 1.90. The third-order valence-electron chi connectivity index (χ3n) is 3.12. The standard InChI is InChI=1S/C16H24ClF2N3O2/c1-3-23-9-5-4-8-21-16(20-2)22-11-12-10-13(17)6-7-14(12)24-15(18)19/h6-7,10,15H,3-5,8-9,11H2,1-2H3,(H2,20,21,22). The van der Waals surface area contributed by atoms with Crippen molar-refractivity contribution in [3.8, 4) is 5.75 Å². The van der Waals surface area contributed by atoms with E-state index < -0.39 is 6.61 Å². The summed E-state index contributed by atoms with van der Waals surface area (Å²) in [6.45, 7) is 1.54. The van der Waals surface area contributed by atoms with Crippen molar-refractivity contribution in [2.75, 3.05) is 26.8 Å². The van der Waals surface area contributed by atoms with Crippen LogP contribution < -0.4 is 15.4 Å². The first-order valence-electron chi connectivity index (χ1n) is 7.82. The number of benzene rings is 1. The summed E-state index contributed by atoms with van der Waals surface area (Å²) in [4.78, 5) is 4.09. The van der Waals surface area contributed by atoms with Crippen molar-refractivity contribution in [1.82, 2.24) is 10.6 Å². The number of unbranched alkanes of at least 4 members (excludes halogenated alkanes) is 1. The maximum absolute atomic E-state index is 12.4. The lowest BCUT2D eigenvalue weighted by molar-refractivity contribution is -0.0504. The lowest BCUT2D eigenvalue weighted by Gasteiger charge is -2.15. The van der Waals surface area contributed by atoms with E-state index in [9.17, 15) is 8.78 Å². The first-order chi connectivity index (χ1) is 11.6. The second kappa shape index (κ2) is 11.9. The Hall–Kier alpha value is -1.60. The summed E-state index contributed by atoms with van der Waals surface area (Å²) in [6, 6.07) is 4.52. The number of hydrogen-bond donors (Lipinski definition) is 2. The molecule has 0 fully saturated rings. The van der Waals surface area contributed by atoms with E-state index in [-0.39, 0.29) is 12.3 Å². The quantitative estimate of drug-likeness (QED) is 0.380. The smallest absolute Gasteiger partial charge is 0.387 e. The first kappa shape index (κ1) is 20.4. The lowest BCUT2D eigenvalue weighted by atomic mass is 10.2. The van der Waals surface area contributed by atoms with E-state index in [1.807, 2.05) is 6.92 Å².